The van der Waals surface area contributed by atoms with Gasteiger partial charge in [0.2, 0.25) is 0 Å². The van der Waals surface area contributed by atoms with Crippen molar-refractivity contribution < 1.29 is 14.6 Å². The molecule has 1 aliphatic heterocycles. The largest absolute Gasteiger partial charge is 0.467 e. The van der Waals surface area contributed by atoms with E-state index in [1.54, 1.807) is 0 Å². The van der Waals surface area contributed by atoms with E-state index in [0.29, 0.717) is 0 Å². The SMILES string of the molecule is COC(=O)C(O)C1CCN(Cc2ccc(C(C)(C)C)s2)CC1. The van der Waals surface area contributed by atoms with Gasteiger partial charge in [-0.15, -0.1) is 11.3 Å². The van der Waals surface area contributed by atoms with Crippen LogP contribution in [0, 0.1) is 5.92 Å². The first-order valence-electron chi connectivity index (χ1n) is 7.88. The highest BCUT2D eigenvalue weighted by Gasteiger charge is 2.30. The number of aliphatic hydroxyl groups is 1. The molecule has 0 amide bonds. The summed E-state index contributed by atoms with van der Waals surface area (Å²) in [5.74, 6) is -0.483. The number of nitrogens with zero attached hydrogens (tertiary/aromatic N) is 1. The van der Waals surface area contributed by atoms with Gasteiger partial charge in [-0.2, -0.15) is 0 Å². The average molecular weight is 325 g/mol. The van der Waals surface area contributed by atoms with Crippen LogP contribution in [0.5, 0.6) is 0 Å². The summed E-state index contributed by atoms with van der Waals surface area (Å²) >= 11 is 1.88. The summed E-state index contributed by atoms with van der Waals surface area (Å²) in [6, 6.07) is 4.45. The quantitative estimate of drug-likeness (QED) is 0.865. The molecule has 2 heterocycles. The van der Waals surface area contributed by atoms with E-state index in [4.69, 9.17) is 0 Å². The number of piperidine rings is 1. The minimum atomic E-state index is -0.971. The number of carbonyl (C=O) groups excluding carboxylic acids is 1. The summed E-state index contributed by atoms with van der Waals surface area (Å²) in [5, 5.41) is 9.92. The van der Waals surface area contributed by atoms with Crippen LogP contribution >= 0.6 is 11.3 Å². The molecule has 1 unspecified atom stereocenters. The molecule has 22 heavy (non-hydrogen) atoms. The van der Waals surface area contributed by atoms with Crippen LogP contribution in [0.25, 0.3) is 0 Å². The minimum Gasteiger partial charge on any atom is -0.467 e. The predicted octanol–water partition coefficient (Wildman–Crippen LogP) is 2.79. The summed E-state index contributed by atoms with van der Waals surface area (Å²) in [6.45, 7) is 9.51. The first kappa shape index (κ1) is 17.4. The molecule has 1 atom stereocenters. The molecule has 2 rings (SSSR count). The number of hydrogen-bond donors (Lipinski definition) is 1. The second-order valence-corrected chi connectivity index (χ2v) is 8.27. The molecule has 1 fully saturated rings. The lowest BCUT2D eigenvalue weighted by molar-refractivity contribution is -0.154. The van der Waals surface area contributed by atoms with E-state index >= 15 is 0 Å². The topological polar surface area (TPSA) is 49.8 Å². The van der Waals surface area contributed by atoms with Crippen molar-refractivity contribution in [3.05, 3.63) is 21.9 Å². The van der Waals surface area contributed by atoms with Crippen molar-refractivity contribution in [3.8, 4) is 0 Å². The van der Waals surface area contributed by atoms with Crippen LogP contribution in [0.2, 0.25) is 0 Å². The lowest BCUT2D eigenvalue weighted by atomic mass is 9.91. The van der Waals surface area contributed by atoms with Gasteiger partial charge in [0.15, 0.2) is 6.10 Å². The van der Waals surface area contributed by atoms with Gasteiger partial charge in [-0.1, -0.05) is 20.8 Å². The molecule has 1 aromatic rings. The average Bonchev–Trinajstić information content (AvgIpc) is 2.95. The fourth-order valence-corrected chi connectivity index (χ4v) is 3.93. The third-order valence-corrected chi connectivity index (χ3v) is 5.80. The second-order valence-electron chi connectivity index (χ2n) is 7.10. The number of ether oxygens (including phenoxy) is 1. The molecule has 1 saturated heterocycles. The van der Waals surface area contributed by atoms with Crippen molar-refractivity contribution in [1.29, 1.82) is 0 Å². The normalized spacial score (nSPS) is 19.1. The van der Waals surface area contributed by atoms with Gasteiger partial charge in [0.1, 0.15) is 0 Å². The van der Waals surface area contributed by atoms with E-state index < -0.39 is 12.1 Å². The number of aliphatic hydroxyl groups excluding tert-OH is 1. The smallest absolute Gasteiger partial charge is 0.334 e. The zero-order valence-corrected chi connectivity index (χ0v) is 14.8. The Morgan fingerprint density at radius 1 is 1.41 bits per heavy atom. The Balaban J connectivity index is 1.85. The van der Waals surface area contributed by atoms with Gasteiger partial charge < -0.3 is 9.84 Å². The molecule has 4 nitrogen and oxygen atoms in total. The Bertz CT molecular complexity index is 498. The second kappa shape index (κ2) is 7.11. The highest BCUT2D eigenvalue weighted by Crippen LogP contribution is 2.31. The molecule has 1 N–H and O–H groups in total. The van der Waals surface area contributed by atoms with E-state index in [9.17, 15) is 9.90 Å². The monoisotopic (exact) mass is 325 g/mol. The summed E-state index contributed by atoms with van der Waals surface area (Å²) in [4.78, 5) is 16.6. The lowest BCUT2D eigenvalue weighted by Crippen LogP contribution is -2.40. The molecule has 0 radical (unpaired) electrons. The van der Waals surface area contributed by atoms with Gasteiger partial charge >= 0.3 is 5.97 Å². The van der Waals surface area contributed by atoms with Crippen molar-refractivity contribution in [2.45, 2.75) is 51.7 Å². The molecular weight excluding hydrogens is 298 g/mol. The molecule has 1 aliphatic rings. The summed E-state index contributed by atoms with van der Waals surface area (Å²) in [6.07, 6.45) is 0.711. The number of likely N-dealkylation sites (tertiary alicyclic amines) is 1. The van der Waals surface area contributed by atoms with Gasteiger partial charge in [-0.05, 0) is 49.4 Å². The number of rotatable bonds is 4. The fourth-order valence-electron chi connectivity index (χ4n) is 2.83. The molecule has 0 bridgehead atoms. The Morgan fingerprint density at radius 3 is 2.55 bits per heavy atom. The third kappa shape index (κ3) is 4.31. The number of carbonyl (C=O) groups is 1. The highest BCUT2D eigenvalue weighted by molar-refractivity contribution is 7.12. The molecule has 5 heteroatoms. The van der Waals surface area contributed by atoms with Crippen LogP contribution in [0.1, 0.15) is 43.4 Å². The number of hydrogen-bond acceptors (Lipinski definition) is 5. The van der Waals surface area contributed by atoms with E-state index in [0.717, 1.165) is 32.5 Å². The zero-order valence-electron chi connectivity index (χ0n) is 14.0. The van der Waals surface area contributed by atoms with Crippen LogP contribution in [-0.4, -0.2) is 42.3 Å². The van der Waals surface area contributed by atoms with Crippen LogP contribution in [0.4, 0.5) is 0 Å². The van der Waals surface area contributed by atoms with Gasteiger partial charge in [0.05, 0.1) is 7.11 Å². The standard InChI is InChI=1S/C17H27NO3S/c1-17(2,3)14-6-5-13(22-14)11-18-9-7-12(8-10-18)15(19)16(20)21-4/h5-6,12,15,19H,7-11H2,1-4H3. The first-order valence-corrected chi connectivity index (χ1v) is 8.70. The van der Waals surface area contributed by atoms with Crippen molar-refractivity contribution in [3.63, 3.8) is 0 Å². The number of esters is 1. The van der Waals surface area contributed by atoms with Crippen molar-refractivity contribution >= 4 is 17.3 Å². The molecular formula is C17H27NO3S. The molecule has 0 aromatic carbocycles. The van der Waals surface area contributed by atoms with Gasteiger partial charge in [-0.25, -0.2) is 4.79 Å². The van der Waals surface area contributed by atoms with E-state index in [2.05, 4.69) is 42.5 Å². The highest BCUT2D eigenvalue weighted by atomic mass is 32.1. The van der Waals surface area contributed by atoms with Crippen molar-refractivity contribution in [2.75, 3.05) is 20.2 Å². The lowest BCUT2D eigenvalue weighted by Gasteiger charge is -2.33. The van der Waals surface area contributed by atoms with Crippen molar-refractivity contribution in [2.24, 2.45) is 5.92 Å². The fraction of sp³-hybridized carbons (Fsp3) is 0.706. The number of thiophene rings is 1. The van der Waals surface area contributed by atoms with Crippen LogP contribution in [-0.2, 0) is 21.5 Å². The molecule has 124 valence electrons. The van der Waals surface area contributed by atoms with E-state index in [-0.39, 0.29) is 11.3 Å². The Labute approximate surface area is 137 Å². The van der Waals surface area contributed by atoms with Crippen LogP contribution in [0.15, 0.2) is 12.1 Å². The number of methoxy groups -OCH3 is 1. The Hall–Kier alpha value is -0.910. The maximum absolute atomic E-state index is 11.4. The van der Waals surface area contributed by atoms with Crippen LogP contribution in [0.3, 0.4) is 0 Å². The maximum atomic E-state index is 11.4. The third-order valence-electron chi connectivity index (χ3n) is 4.30. The van der Waals surface area contributed by atoms with Gasteiger partial charge in [0, 0.05) is 16.3 Å². The molecule has 0 saturated carbocycles. The molecule has 1 aromatic heterocycles. The molecule has 0 spiro atoms. The Morgan fingerprint density at radius 2 is 2.05 bits per heavy atom. The van der Waals surface area contributed by atoms with Crippen molar-refractivity contribution in [1.82, 2.24) is 4.90 Å². The van der Waals surface area contributed by atoms with Gasteiger partial charge in [0.25, 0.3) is 0 Å². The molecule has 0 aliphatic carbocycles. The van der Waals surface area contributed by atoms with Crippen LogP contribution < -0.4 is 0 Å². The Kier molecular flexibility index (Phi) is 5.64. The minimum absolute atomic E-state index is 0.0252. The summed E-state index contributed by atoms with van der Waals surface area (Å²) in [5.41, 5.74) is 0.209. The summed E-state index contributed by atoms with van der Waals surface area (Å²) in [7, 11) is 1.32. The zero-order chi connectivity index (χ0) is 16.3. The predicted molar refractivity (Wildman–Crippen MR) is 89.0 cm³/mol. The van der Waals surface area contributed by atoms with Gasteiger partial charge in [-0.3, -0.25) is 4.90 Å². The van der Waals surface area contributed by atoms with E-state index in [1.165, 1.54) is 16.9 Å². The van der Waals surface area contributed by atoms with E-state index in [1.807, 2.05) is 11.3 Å². The maximum Gasteiger partial charge on any atom is 0.334 e. The first-order chi connectivity index (χ1) is 10.3. The summed E-state index contributed by atoms with van der Waals surface area (Å²) < 4.78 is 4.62.